The standard InChI is InChI=1S/C16H15Br2NO3/c1-2-21-14-8-11(16(19)20)7-13(18)15(14)22-9-10-4-3-5-12(17)6-10/h3-8H,2,9H2,1H3,(H2,19,20). The molecular formula is C16H15Br2NO3. The maximum atomic E-state index is 11.3. The van der Waals surface area contributed by atoms with Crippen LogP contribution in [0.15, 0.2) is 45.3 Å². The van der Waals surface area contributed by atoms with Gasteiger partial charge in [0.05, 0.1) is 11.1 Å². The Bertz CT molecular complexity index is 689. The molecule has 0 radical (unpaired) electrons. The van der Waals surface area contributed by atoms with Gasteiger partial charge in [0, 0.05) is 10.0 Å². The Morgan fingerprint density at radius 2 is 1.95 bits per heavy atom. The molecule has 0 saturated heterocycles. The molecule has 2 aromatic rings. The van der Waals surface area contributed by atoms with Gasteiger partial charge >= 0.3 is 0 Å². The fourth-order valence-corrected chi connectivity index (χ4v) is 2.90. The van der Waals surface area contributed by atoms with E-state index in [-0.39, 0.29) is 0 Å². The first-order valence-electron chi connectivity index (χ1n) is 6.64. The van der Waals surface area contributed by atoms with Gasteiger partial charge in [0.2, 0.25) is 5.91 Å². The van der Waals surface area contributed by atoms with Gasteiger partial charge in [0.1, 0.15) is 6.61 Å². The molecule has 4 nitrogen and oxygen atoms in total. The average Bonchev–Trinajstić information content (AvgIpc) is 2.46. The second-order valence-electron chi connectivity index (χ2n) is 4.50. The number of nitrogens with two attached hydrogens (primary N) is 1. The van der Waals surface area contributed by atoms with Crippen molar-refractivity contribution in [2.24, 2.45) is 5.73 Å². The molecule has 0 saturated carbocycles. The number of carbonyl (C=O) groups excluding carboxylic acids is 1. The fourth-order valence-electron chi connectivity index (χ4n) is 1.90. The van der Waals surface area contributed by atoms with Crippen molar-refractivity contribution >= 4 is 37.8 Å². The smallest absolute Gasteiger partial charge is 0.248 e. The number of halogens is 2. The lowest BCUT2D eigenvalue weighted by Gasteiger charge is -2.15. The highest BCUT2D eigenvalue weighted by atomic mass is 79.9. The van der Waals surface area contributed by atoms with E-state index in [1.54, 1.807) is 12.1 Å². The van der Waals surface area contributed by atoms with Crippen LogP contribution < -0.4 is 15.2 Å². The van der Waals surface area contributed by atoms with Crippen molar-refractivity contribution in [3.63, 3.8) is 0 Å². The maximum Gasteiger partial charge on any atom is 0.248 e. The van der Waals surface area contributed by atoms with Gasteiger partial charge in [0.15, 0.2) is 11.5 Å². The molecule has 0 aromatic heterocycles. The zero-order valence-corrected chi connectivity index (χ0v) is 15.1. The van der Waals surface area contributed by atoms with Crippen LogP contribution in [-0.4, -0.2) is 12.5 Å². The normalized spacial score (nSPS) is 10.3. The second kappa shape index (κ2) is 7.65. The van der Waals surface area contributed by atoms with Gasteiger partial charge in [-0.3, -0.25) is 4.79 Å². The van der Waals surface area contributed by atoms with Crippen LogP contribution in [0.3, 0.4) is 0 Å². The largest absolute Gasteiger partial charge is 0.490 e. The third-order valence-corrected chi connectivity index (χ3v) is 3.95. The van der Waals surface area contributed by atoms with E-state index >= 15 is 0 Å². The minimum Gasteiger partial charge on any atom is -0.490 e. The summed E-state index contributed by atoms with van der Waals surface area (Å²) in [5, 5.41) is 0. The summed E-state index contributed by atoms with van der Waals surface area (Å²) in [5.41, 5.74) is 6.70. The second-order valence-corrected chi connectivity index (χ2v) is 6.27. The molecule has 0 aliphatic carbocycles. The van der Waals surface area contributed by atoms with Gasteiger partial charge in [0.25, 0.3) is 0 Å². The number of ether oxygens (including phenoxy) is 2. The molecule has 2 rings (SSSR count). The Morgan fingerprint density at radius 3 is 2.59 bits per heavy atom. The van der Waals surface area contributed by atoms with E-state index in [1.807, 2.05) is 31.2 Å². The monoisotopic (exact) mass is 427 g/mol. The van der Waals surface area contributed by atoms with Crippen LogP contribution >= 0.6 is 31.9 Å². The molecule has 0 unspecified atom stereocenters. The van der Waals surface area contributed by atoms with Crippen LogP contribution in [0.5, 0.6) is 11.5 Å². The van der Waals surface area contributed by atoms with Gasteiger partial charge in [-0.15, -0.1) is 0 Å². The van der Waals surface area contributed by atoms with E-state index in [4.69, 9.17) is 15.2 Å². The van der Waals surface area contributed by atoms with E-state index in [2.05, 4.69) is 31.9 Å². The third kappa shape index (κ3) is 4.24. The highest BCUT2D eigenvalue weighted by Gasteiger charge is 2.14. The predicted octanol–water partition coefficient (Wildman–Crippen LogP) is 4.29. The van der Waals surface area contributed by atoms with Crippen LogP contribution in [-0.2, 0) is 6.61 Å². The Kier molecular flexibility index (Phi) is 5.85. The highest BCUT2D eigenvalue weighted by molar-refractivity contribution is 9.10. The van der Waals surface area contributed by atoms with Crippen molar-refractivity contribution in [2.75, 3.05) is 6.61 Å². The average molecular weight is 429 g/mol. The van der Waals surface area contributed by atoms with Crippen molar-refractivity contribution in [3.05, 3.63) is 56.5 Å². The van der Waals surface area contributed by atoms with Crippen molar-refractivity contribution in [1.82, 2.24) is 0 Å². The molecule has 0 fully saturated rings. The van der Waals surface area contributed by atoms with E-state index in [1.165, 1.54) is 0 Å². The number of hydrogen-bond donors (Lipinski definition) is 1. The molecule has 0 spiro atoms. The molecule has 22 heavy (non-hydrogen) atoms. The van der Waals surface area contributed by atoms with Crippen LogP contribution in [0.25, 0.3) is 0 Å². The van der Waals surface area contributed by atoms with Gasteiger partial charge < -0.3 is 15.2 Å². The quantitative estimate of drug-likeness (QED) is 0.746. The molecule has 0 atom stereocenters. The summed E-state index contributed by atoms with van der Waals surface area (Å²) in [4.78, 5) is 11.3. The van der Waals surface area contributed by atoms with Crippen molar-refractivity contribution < 1.29 is 14.3 Å². The summed E-state index contributed by atoms with van der Waals surface area (Å²) < 4.78 is 13.0. The lowest BCUT2D eigenvalue weighted by atomic mass is 10.2. The number of benzene rings is 2. The zero-order valence-electron chi connectivity index (χ0n) is 11.9. The van der Waals surface area contributed by atoms with E-state index in [0.717, 1.165) is 10.0 Å². The highest BCUT2D eigenvalue weighted by Crippen LogP contribution is 2.37. The van der Waals surface area contributed by atoms with Crippen LogP contribution in [0, 0.1) is 0 Å². The predicted molar refractivity (Wildman–Crippen MR) is 92.3 cm³/mol. The summed E-state index contributed by atoms with van der Waals surface area (Å²) in [7, 11) is 0. The number of rotatable bonds is 6. The Morgan fingerprint density at radius 1 is 1.18 bits per heavy atom. The minimum absolute atomic E-state index is 0.366. The number of amides is 1. The molecule has 1 amide bonds. The first-order valence-corrected chi connectivity index (χ1v) is 8.23. The summed E-state index contributed by atoms with van der Waals surface area (Å²) in [6.45, 7) is 2.71. The zero-order chi connectivity index (χ0) is 16.1. The Hall–Kier alpha value is -1.53. The molecule has 6 heteroatoms. The molecule has 0 aliphatic rings. The third-order valence-electron chi connectivity index (χ3n) is 2.87. The van der Waals surface area contributed by atoms with Crippen LogP contribution in [0.4, 0.5) is 0 Å². The lowest BCUT2D eigenvalue weighted by Crippen LogP contribution is -2.12. The van der Waals surface area contributed by atoms with Crippen LogP contribution in [0.2, 0.25) is 0 Å². The SMILES string of the molecule is CCOc1cc(C(N)=O)cc(Br)c1OCc1cccc(Br)c1. The minimum atomic E-state index is -0.514. The fraction of sp³-hybridized carbons (Fsp3) is 0.188. The first kappa shape index (κ1) is 16.8. The number of primary amides is 1. The van der Waals surface area contributed by atoms with Gasteiger partial charge in [-0.1, -0.05) is 28.1 Å². The summed E-state index contributed by atoms with van der Waals surface area (Å²) >= 11 is 6.83. The Balaban J connectivity index is 2.27. The molecule has 0 aliphatic heterocycles. The first-order chi connectivity index (χ1) is 10.5. The lowest BCUT2D eigenvalue weighted by molar-refractivity contribution is 0.0999. The van der Waals surface area contributed by atoms with Gasteiger partial charge in [-0.2, -0.15) is 0 Å². The van der Waals surface area contributed by atoms with Crippen molar-refractivity contribution in [1.29, 1.82) is 0 Å². The summed E-state index contributed by atoms with van der Waals surface area (Å²) in [5.74, 6) is 0.521. The van der Waals surface area contributed by atoms with Crippen molar-refractivity contribution in [2.45, 2.75) is 13.5 Å². The van der Waals surface area contributed by atoms with E-state index in [9.17, 15) is 4.79 Å². The van der Waals surface area contributed by atoms with Gasteiger partial charge in [-0.25, -0.2) is 0 Å². The van der Waals surface area contributed by atoms with E-state index < -0.39 is 5.91 Å². The van der Waals surface area contributed by atoms with Crippen LogP contribution in [0.1, 0.15) is 22.8 Å². The topological polar surface area (TPSA) is 61.5 Å². The molecule has 2 aromatic carbocycles. The molecule has 0 heterocycles. The van der Waals surface area contributed by atoms with E-state index in [0.29, 0.717) is 34.7 Å². The number of carbonyl (C=O) groups is 1. The van der Waals surface area contributed by atoms with Gasteiger partial charge in [-0.05, 0) is 52.7 Å². The Labute approximate surface area is 145 Å². The number of hydrogen-bond acceptors (Lipinski definition) is 3. The maximum absolute atomic E-state index is 11.3. The summed E-state index contributed by atoms with van der Waals surface area (Å²) in [6, 6.07) is 11.1. The molecular weight excluding hydrogens is 414 g/mol. The molecule has 116 valence electrons. The van der Waals surface area contributed by atoms with Crippen molar-refractivity contribution in [3.8, 4) is 11.5 Å². The molecule has 2 N–H and O–H groups in total. The summed E-state index contributed by atoms with van der Waals surface area (Å²) in [6.07, 6.45) is 0. The molecule has 0 bridgehead atoms.